The van der Waals surface area contributed by atoms with Crippen molar-refractivity contribution in [2.75, 3.05) is 19.6 Å². The van der Waals surface area contributed by atoms with Gasteiger partial charge in [0.05, 0.1) is 5.56 Å². The SMILES string of the molecule is O=C(NCC1CCCN2CCCCC12)c1ccc2nnnn2c1. The van der Waals surface area contributed by atoms with Crippen LogP contribution in [0.2, 0.25) is 0 Å². The van der Waals surface area contributed by atoms with Gasteiger partial charge < -0.3 is 10.2 Å². The van der Waals surface area contributed by atoms with Crippen molar-refractivity contribution >= 4 is 11.6 Å². The molecule has 2 atom stereocenters. The molecule has 0 saturated carbocycles. The van der Waals surface area contributed by atoms with Gasteiger partial charge in [-0.25, -0.2) is 0 Å². The molecule has 1 amide bonds. The van der Waals surface area contributed by atoms with Crippen LogP contribution in [0.1, 0.15) is 42.5 Å². The first kappa shape index (κ1) is 14.6. The predicted octanol–water partition coefficient (Wildman–Crippen LogP) is 1.12. The molecule has 1 N–H and O–H groups in total. The highest BCUT2D eigenvalue weighted by atomic mass is 16.1. The maximum absolute atomic E-state index is 12.4. The maximum atomic E-state index is 12.4. The van der Waals surface area contributed by atoms with E-state index in [9.17, 15) is 4.79 Å². The smallest absolute Gasteiger partial charge is 0.252 e. The number of amides is 1. The summed E-state index contributed by atoms with van der Waals surface area (Å²) in [5.41, 5.74) is 1.24. The summed E-state index contributed by atoms with van der Waals surface area (Å²) in [4.78, 5) is 15.0. The molecule has 7 nitrogen and oxygen atoms in total. The first-order valence-corrected chi connectivity index (χ1v) is 8.51. The lowest BCUT2D eigenvalue weighted by Gasteiger charge is -2.44. The Morgan fingerprint density at radius 2 is 2.13 bits per heavy atom. The Labute approximate surface area is 135 Å². The monoisotopic (exact) mass is 314 g/mol. The summed E-state index contributed by atoms with van der Waals surface area (Å²) < 4.78 is 1.53. The second-order valence-electron chi connectivity index (χ2n) is 6.61. The fourth-order valence-corrected chi connectivity index (χ4v) is 4.02. The zero-order valence-electron chi connectivity index (χ0n) is 13.2. The predicted molar refractivity (Wildman–Crippen MR) is 85.1 cm³/mol. The Morgan fingerprint density at radius 3 is 3.09 bits per heavy atom. The number of carbonyl (C=O) groups excluding carboxylic acids is 1. The number of fused-ring (bicyclic) bond motifs is 2. The number of tetrazole rings is 1. The van der Waals surface area contributed by atoms with E-state index in [0.29, 0.717) is 23.2 Å². The van der Waals surface area contributed by atoms with Crippen LogP contribution >= 0.6 is 0 Å². The highest BCUT2D eigenvalue weighted by molar-refractivity contribution is 5.94. The number of aromatic nitrogens is 4. The van der Waals surface area contributed by atoms with Crippen molar-refractivity contribution in [2.45, 2.75) is 38.1 Å². The van der Waals surface area contributed by atoms with Gasteiger partial charge in [-0.2, -0.15) is 4.52 Å². The van der Waals surface area contributed by atoms with Crippen LogP contribution in [-0.2, 0) is 0 Å². The molecule has 2 fully saturated rings. The number of piperidine rings is 2. The number of hydrogen-bond donors (Lipinski definition) is 1. The van der Waals surface area contributed by atoms with E-state index in [-0.39, 0.29) is 5.91 Å². The number of nitrogens with zero attached hydrogens (tertiary/aromatic N) is 5. The number of hydrogen-bond acceptors (Lipinski definition) is 5. The molecule has 2 aliphatic rings. The molecule has 2 unspecified atom stereocenters. The Balaban J connectivity index is 1.40. The summed E-state index contributed by atoms with van der Waals surface area (Å²) in [7, 11) is 0. The fourth-order valence-electron chi connectivity index (χ4n) is 4.02. The lowest BCUT2D eigenvalue weighted by atomic mass is 9.83. The van der Waals surface area contributed by atoms with Crippen molar-refractivity contribution in [1.82, 2.24) is 30.3 Å². The average molecular weight is 314 g/mol. The molecule has 0 radical (unpaired) electrons. The summed E-state index contributed by atoms with van der Waals surface area (Å²) in [6.07, 6.45) is 8.06. The Bertz CT molecular complexity index is 697. The van der Waals surface area contributed by atoms with Crippen molar-refractivity contribution < 1.29 is 4.79 Å². The van der Waals surface area contributed by atoms with Gasteiger partial charge in [-0.1, -0.05) is 6.42 Å². The quantitative estimate of drug-likeness (QED) is 0.919. The Hall–Kier alpha value is -2.02. The topological polar surface area (TPSA) is 75.4 Å². The molecule has 0 aliphatic carbocycles. The fraction of sp³-hybridized carbons (Fsp3) is 0.625. The normalized spacial score (nSPS) is 25.2. The summed E-state index contributed by atoms with van der Waals surface area (Å²) in [6.45, 7) is 3.21. The molecule has 7 heteroatoms. The van der Waals surface area contributed by atoms with Gasteiger partial charge in [0.1, 0.15) is 0 Å². The van der Waals surface area contributed by atoms with E-state index in [4.69, 9.17) is 0 Å². The van der Waals surface area contributed by atoms with Gasteiger partial charge in [-0.3, -0.25) is 4.79 Å². The first-order valence-electron chi connectivity index (χ1n) is 8.51. The third kappa shape index (κ3) is 2.93. The van der Waals surface area contributed by atoms with E-state index in [1.165, 1.54) is 49.7 Å². The molecule has 0 aromatic carbocycles. The standard InChI is InChI=1S/C16H22N6O/c23-16(13-6-7-15-18-19-20-22(15)11-13)17-10-12-4-3-9-21-8-2-1-5-14(12)21/h6-7,11-12,14H,1-5,8-10H2,(H,17,23). The van der Waals surface area contributed by atoms with Gasteiger partial charge in [-0.15, -0.1) is 5.10 Å². The van der Waals surface area contributed by atoms with Crippen LogP contribution < -0.4 is 5.32 Å². The lowest BCUT2D eigenvalue weighted by Crippen LogP contribution is -2.51. The van der Waals surface area contributed by atoms with Gasteiger partial charge in [0.25, 0.3) is 5.91 Å². The molecule has 4 rings (SSSR count). The second kappa shape index (κ2) is 6.23. The van der Waals surface area contributed by atoms with Crippen LogP contribution in [0.4, 0.5) is 0 Å². The molecule has 0 spiro atoms. The van der Waals surface area contributed by atoms with E-state index >= 15 is 0 Å². The van der Waals surface area contributed by atoms with Gasteiger partial charge in [0.2, 0.25) is 0 Å². The van der Waals surface area contributed by atoms with E-state index < -0.39 is 0 Å². The largest absolute Gasteiger partial charge is 0.352 e. The zero-order valence-corrected chi connectivity index (χ0v) is 13.2. The van der Waals surface area contributed by atoms with E-state index in [1.807, 2.05) is 0 Å². The van der Waals surface area contributed by atoms with Crippen LogP contribution in [0, 0.1) is 5.92 Å². The molecule has 23 heavy (non-hydrogen) atoms. The van der Waals surface area contributed by atoms with Gasteiger partial charge in [-0.05, 0) is 67.3 Å². The van der Waals surface area contributed by atoms with Gasteiger partial charge in [0, 0.05) is 18.8 Å². The van der Waals surface area contributed by atoms with E-state index in [2.05, 4.69) is 25.7 Å². The minimum atomic E-state index is -0.0460. The first-order chi connectivity index (χ1) is 11.3. The molecule has 122 valence electrons. The average Bonchev–Trinajstić information content (AvgIpc) is 3.07. The summed E-state index contributed by atoms with van der Waals surface area (Å²) >= 11 is 0. The number of nitrogens with one attached hydrogen (secondary N) is 1. The molecule has 2 saturated heterocycles. The molecule has 2 aromatic heterocycles. The summed E-state index contributed by atoms with van der Waals surface area (Å²) in [6, 6.07) is 4.19. The minimum absolute atomic E-state index is 0.0460. The van der Waals surface area contributed by atoms with E-state index in [0.717, 1.165) is 6.54 Å². The van der Waals surface area contributed by atoms with E-state index in [1.54, 1.807) is 18.3 Å². The highest BCUT2D eigenvalue weighted by Crippen LogP contribution is 2.30. The zero-order chi connectivity index (χ0) is 15.6. The van der Waals surface area contributed by atoms with Crippen LogP contribution in [0.25, 0.3) is 5.65 Å². The van der Waals surface area contributed by atoms with Crippen LogP contribution in [0.15, 0.2) is 18.3 Å². The number of carbonyl (C=O) groups is 1. The summed E-state index contributed by atoms with van der Waals surface area (Å²) in [5.74, 6) is 0.528. The lowest BCUT2D eigenvalue weighted by molar-refractivity contribution is 0.0575. The second-order valence-corrected chi connectivity index (χ2v) is 6.61. The molecular weight excluding hydrogens is 292 g/mol. The molecule has 2 aromatic rings. The molecular formula is C16H22N6O. The maximum Gasteiger partial charge on any atom is 0.252 e. The van der Waals surface area contributed by atoms with Crippen LogP contribution in [0.5, 0.6) is 0 Å². The van der Waals surface area contributed by atoms with Crippen LogP contribution in [0.3, 0.4) is 0 Å². The van der Waals surface area contributed by atoms with Crippen molar-refractivity contribution in [3.8, 4) is 0 Å². The number of pyridine rings is 1. The highest BCUT2D eigenvalue weighted by Gasteiger charge is 2.32. The van der Waals surface area contributed by atoms with Gasteiger partial charge >= 0.3 is 0 Å². The van der Waals surface area contributed by atoms with Crippen LogP contribution in [-0.4, -0.2) is 56.5 Å². The minimum Gasteiger partial charge on any atom is -0.352 e. The van der Waals surface area contributed by atoms with Crippen molar-refractivity contribution in [2.24, 2.45) is 5.92 Å². The van der Waals surface area contributed by atoms with Crippen molar-refractivity contribution in [3.05, 3.63) is 23.9 Å². The summed E-state index contributed by atoms with van der Waals surface area (Å²) in [5, 5.41) is 14.4. The number of rotatable bonds is 3. The third-order valence-electron chi connectivity index (χ3n) is 5.21. The van der Waals surface area contributed by atoms with Crippen molar-refractivity contribution in [3.63, 3.8) is 0 Å². The van der Waals surface area contributed by atoms with Gasteiger partial charge in [0.15, 0.2) is 5.65 Å². The Morgan fingerprint density at radius 1 is 1.22 bits per heavy atom. The molecule has 2 aliphatic heterocycles. The molecule has 0 bridgehead atoms. The van der Waals surface area contributed by atoms with Crippen molar-refractivity contribution in [1.29, 1.82) is 0 Å². The third-order valence-corrected chi connectivity index (χ3v) is 5.21. The molecule has 4 heterocycles. The Kier molecular flexibility index (Phi) is 3.95.